The van der Waals surface area contributed by atoms with Crippen molar-refractivity contribution in [3.8, 4) is 11.5 Å². The minimum absolute atomic E-state index is 0.664. The average molecular weight is 613 g/mol. The van der Waals surface area contributed by atoms with Gasteiger partial charge in [-0.05, 0) is 79.4 Å². The molecule has 15 heteroatoms. The number of carbonyl (C=O) groups is 2. The third kappa shape index (κ3) is 10.6. The van der Waals surface area contributed by atoms with Crippen LogP contribution in [0.2, 0.25) is 0 Å². The van der Waals surface area contributed by atoms with E-state index in [9.17, 15) is 26.3 Å². The summed E-state index contributed by atoms with van der Waals surface area (Å²) in [5.74, 6) is -3.19. The SMILES string of the molecule is O=C(O)C(F)(F)F.O=C(O)C(F)(F)F.c1cc(C2CCN(Cc3ccc(Oc4ccc5nc[nH]c5c4)cc3)CC2)ccn1. The predicted octanol–water partition coefficient (Wildman–Crippen LogP) is 6.40. The van der Waals surface area contributed by atoms with Crippen molar-refractivity contribution >= 4 is 23.0 Å². The van der Waals surface area contributed by atoms with Gasteiger partial charge in [0.1, 0.15) is 11.5 Å². The number of pyridine rings is 1. The number of hydrogen-bond donors (Lipinski definition) is 3. The number of aliphatic carboxylic acids is 2. The molecule has 1 aliphatic rings. The lowest BCUT2D eigenvalue weighted by Crippen LogP contribution is -2.32. The third-order valence-corrected chi connectivity index (χ3v) is 6.21. The van der Waals surface area contributed by atoms with E-state index < -0.39 is 24.3 Å². The fourth-order valence-corrected chi connectivity index (χ4v) is 4.10. The van der Waals surface area contributed by atoms with Crippen LogP contribution in [0.1, 0.15) is 29.9 Å². The number of carboxylic acid groups (broad SMARTS) is 2. The number of H-pyrrole nitrogens is 1. The topological polar surface area (TPSA) is 129 Å². The van der Waals surface area contributed by atoms with Gasteiger partial charge in [-0.25, -0.2) is 14.6 Å². The van der Waals surface area contributed by atoms with Crippen LogP contribution in [0.4, 0.5) is 26.3 Å². The fraction of sp³-hybridized carbons (Fsp3) is 0.286. The maximum atomic E-state index is 10.6. The Kier molecular flexibility index (Phi) is 11.1. The molecule has 9 nitrogen and oxygen atoms in total. The molecule has 0 atom stereocenters. The number of aromatic amines is 1. The smallest absolute Gasteiger partial charge is 0.475 e. The number of benzene rings is 2. The van der Waals surface area contributed by atoms with E-state index in [-0.39, 0.29) is 0 Å². The molecular formula is C28H26F6N4O5. The number of likely N-dealkylation sites (tertiary alicyclic amines) is 1. The summed E-state index contributed by atoms with van der Waals surface area (Å²) in [6, 6.07) is 18.6. The molecule has 1 saturated heterocycles. The van der Waals surface area contributed by atoms with Gasteiger partial charge < -0.3 is 19.9 Å². The minimum Gasteiger partial charge on any atom is -0.475 e. The first-order chi connectivity index (χ1) is 20.2. The van der Waals surface area contributed by atoms with Crippen molar-refractivity contribution in [3.63, 3.8) is 0 Å². The summed E-state index contributed by atoms with van der Waals surface area (Å²) in [6.07, 6.45) is -2.25. The normalized spacial score (nSPS) is 14.2. The lowest BCUT2D eigenvalue weighted by molar-refractivity contribution is -0.193. The number of piperidine rings is 1. The molecule has 230 valence electrons. The van der Waals surface area contributed by atoms with E-state index in [1.54, 1.807) is 6.33 Å². The molecule has 0 bridgehead atoms. The second-order valence-electron chi connectivity index (χ2n) is 9.26. The number of ether oxygens (including phenoxy) is 1. The Hall–Kier alpha value is -4.66. The molecule has 43 heavy (non-hydrogen) atoms. The molecule has 3 N–H and O–H groups in total. The summed E-state index contributed by atoms with van der Waals surface area (Å²) in [7, 11) is 0. The Morgan fingerprint density at radius 1 is 0.860 bits per heavy atom. The lowest BCUT2D eigenvalue weighted by atomic mass is 9.90. The summed E-state index contributed by atoms with van der Waals surface area (Å²) in [4.78, 5) is 31.8. The van der Waals surface area contributed by atoms with Crippen molar-refractivity contribution in [1.82, 2.24) is 19.9 Å². The number of hydrogen-bond acceptors (Lipinski definition) is 6. The summed E-state index contributed by atoms with van der Waals surface area (Å²) in [6.45, 7) is 3.26. The van der Waals surface area contributed by atoms with Gasteiger partial charge in [-0.15, -0.1) is 0 Å². The highest BCUT2D eigenvalue weighted by atomic mass is 19.4. The second-order valence-corrected chi connectivity index (χ2v) is 9.26. The molecule has 3 heterocycles. The highest BCUT2D eigenvalue weighted by Gasteiger charge is 2.38. The Labute approximate surface area is 240 Å². The Bertz CT molecular complexity index is 1450. The molecule has 0 spiro atoms. The molecule has 1 aliphatic heterocycles. The zero-order valence-electron chi connectivity index (χ0n) is 22.3. The van der Waals surface area contributed by atoms with Crippen LogP contribution in [0.5, 0.6) is 11.5 Å². The van der Waals surface area contributed by atoms with Gasteiger partial charge >= 0.3 is 24.3 Å². The molecule has 4 aromatic rings. The van der Waals surface area contributed by atoms with Crippen molar-refractivity contribution in [3.05, 3.63) is 84.4 Å². The summed E-state index contributed by atoms with van der Waals surface area (Å²) < 4.78 is 69.5. The van der Waals surface area contributed by atoms with Gasteiger partial charge in [0.05, 0.1) is 17.4 Å². The van der Waals surface area contributed by atoms with Crippen molar-refractivity contribution in [2.45, 2.75) is 37.7 Å². The predicted molar refractivity (Wildman–Crippen MR) is 141 cm³/mol. The maximum Gasteiger partial charge on any atom is 0.490 e. The van der Waals surface area contributed by atoms with E-state index >= 15 is 0 Å². The van der Waals surface area contributed by atoms with E-state index in [2.05, 4.69) is 56.3 Å². The number of nitrogens with one attached hydrogen (secondary N) is 1. The highest BCUT2D eigenvalue weighted by molar-refractivity contribution is 5.76. The fourth-order valence-electron chi connectivity index (χ4n) is 4.10. The van der Waals surface area contributed by atoms with Crippen LogP contribution in [-0.2, 0) is 16.1 Å². The molecule has 0 amide bonds. The molecule has 5 rings (SSSR count). The zero-order valence-corrected chi connectivity index (χ0v) is 22.3. The van der Waals surface area contributed by atoms with Crippen LogP contribution in [0.25, 0.3) is 11.0 Å². The largest absolute Gasteiger partial charge is 0.490 e. The maximum absolute atomic E-state index is 10.6. The molecule has 0 radical (unpaired) electrons. The van der Waals surface area contributed by atoms with Crippen LogP contribution >= 0.6 is 0 Å². The van der Waals surface area contributed by atoms with Crippen LogP contribution < -0.4 is 4.74 Å². The van der Waals surface area contributed by atoms with Gasteiger partial charge in [0.15, 0.2) is 0 Å². The van der Waals surface area contributed by atoms with E-state index in [1.165, 1.54) is 24.0 Å². The number of carboxylic acids is 2. The van der Waals surface area contributed by atoms with E-state index in [0.717, 1.165) is 42.2 Å². The van der Waals surface area contributed by atoms with Crippen molar-refractivity contribution in [2.75, 3.05) is 13.1 Å². The first-order valence-electron chi connectivity index (χ1n) is 12.6. The number of aromatic nitrogens is 3. The first-order valence-corrected chi connectivity index (χ1v) is 12.6. The first kappa shape index (κ1) is 32.8. The van der Waals surface area contributed by atoms with Gasteiger partial charge in [0, 0.05) is 25.0 Å². The van der Waals surface area contributed by atoms with Gasteiger partial charge in [-0.3, -0.25) is 9.88 Å². The quantitative estimate of drug-likeness (QED) is 0.221. The molecule has 2 aromatic heterocycles. The minimum atomic E-state index is -5.08. The molecule has 0 aliphatic carbocycles. The summed E-state index contributed by atoms with van der Waals surface area (Å²) >= 11 is 0. The van der Waals surface area contributed by atoms with E-state index in [0.29, 0.717) is 5.92 Å². The lowest BCUT2D eigenvalue weighted by Gasteiger charge is -2.32. The number of alkyl halides is 6. The Morgan fingerprint density at radius 2 is 1.40 bits per heavy atom. The zero-order chi connectivity index (χ0) is 31.6. The van der Waals surface area contributed by atoms with E-state index in [1.807, 2.05) is 30.6 Å². The highest BCUT2D eigenvalue weighted by Crippen LogP contribution is 2.29. The van der Waals surface area contributed by atoms with Gasteiger partial charge in [-0.2, -0.15) is 26.3 Å². The number of halogens is 6. The van der Waals surface area contributed by atoms with Crippen LogP contribution in [0.15, 0.2) is 73.3 Å². The molecular weight excluding hydrogens is 586 g/mol. The monoisotopic (exact) mass is 612 g/mol. The number of rotatable bonds is 5. The number of imidazole rings is 1. The Morgan fingerprint density at radius 3 is 1.93 bits per heavy atom. The van der Waals surface area contributed by atoms with Crippen LogP contribution in [0.3, 0.4) is 0 Å². The standard InChI is InChI=1S/C24H24N4O.2C2HF3O2/c1-3-21(29-22-5-6-23-24(15-22)27-17-26-23)4-2-18(1)16-28-13-9-20(10-14-28)19-7-11-25-12-8-19;2*3-2(4,5)1(6)7/h1-8,11-12,15,17,20H,9-10,13-14,16H2,(H,26,27);2*(H,6,7). The number of nitrogens with zero attached hydrogens (tertiary/aromatic N) is 3. The van der Waals surface area contributed by atoms with Gasteiger partial charge in [-0.1, -0.05) is 12.1 Å². The van der Waals surface area contributed by atoms with Crippen molar-refractivity contribution in [2.24, 2.45) is 0 Å². The summed E-state index contributed by atoms with van der Waals surface area (Å²) in [5.41, 5.74) is 4.67. The molecule has 0 saturated carbocycles. The molecule has 1 fully saturated rings. The second kappa shape index (κ2) is 14.5. The van der Waals surface area contributed by atoms with Crippen molar-refractivity contribution < 1.29 is 50.9 Å². The molecule has 0 unspecified atom stereocenters. The number of fused-ring (bicyclic) bond motifs is 1. The van der Waals surface area contributed by atoms with Crippen LogP contribution in [0, 0.1) is 0 Å². The van der Waals surface area contributed by atoms with Crippen LogP contribution in [-0.4, -0.2) is 67.4 Å². The third-order valence-electron chi connectivity index (χ3n) is 6.21. The van der Waals surface area contributed by atoms with E-state index in [4.69, 9.17) is 24.5 Å². The van der Waals surface area contributed by atoms with Crippen molar-refractivity contribution in [1.29, 1.82) is 0 Å². The molecule has 2 aromatic carbocycles. The average Bonchev–Trinajstić information content (AvgIpc) is 3.43. The summed E-state index contributed by atoms with van der Waals surface area (Å²) in [5, 5.41) is 14.2. The van der Waals surface area contributed by atoms with Gasteiger partial charge in [0.25, 0.3) is 0 Å². The van der Waals surface area contributed by atoms with Gasteiger partial charge in [0.2, 0.25) is 0 Å². The Balaban J connectivity index is 0.000000303.